The monoisotopic (exact) mass is 208 g/mol. The first kappa shape index (κ1) is 10.3. The molecule has 1 fully saturated rings. The highest BCUT2D eigenvalue weighted by atomic mass is 35.5. The maximum atomic E-state index is 10.7. The highest BCUT2D eigenvalue weighted by molar-refractivity contribution is 7.95. The topological polar surface area (TPSA) is 32.3 Å². The zero-order valence-corrected chi connectivity index (χ0v) is 8.73. The van der Waals surface area contributed by atoms with E-state index in [1.807, 2.05) is 4.31 Å². The number of hydrogen-bond donors (Lipinski definition) is 1. The van der Waals surface area contributed by atoms with Gasteiger partial charge in [-0.05, 0) is 5.92 Å². The summed E-state index contributed by atoms with van der Waals surface area (Å²) >= 11 is 7.09. The summed E-state index contributed by atoms with van der Waals surface area (Å²) in [6.45, 7) is 4.18. The second kappa shape index (κ2) is 4.46. The lowest BCUT2D eigenvalue weighted by Gasteiger charge is -2.20. The number of halogens is 1. The van der Waals surface area contributed by atoms with Crippen LogP contribution in [0, 0.1) is 5.92 Å². The third-order valence-electron chi connectivity index (χ3n) is 1.98. The van der Waals surface area contributed by atoms with Crippen molar-refractivity contribution >= 4 is 30.0 Å². The Balaban J connectivity index is 2.62. The van der Waals surface area contributed by atoms with Gasteiger partial charge in [-0.15, -0.1) is 11.6 Å². The van der Waals surface area contributed by atoms with Crippen molar-refractivity contribution in [2.45, 2.75) is 25.9 Å². The predicted molar refractivity (Wildman–Crippen MR) is 51.8 cm³/mol. The number of carbonyl (C=O) groups is 1. The van der Waals surface area contributed by atoms with E-state index in [2.05, 4.69) is 18.6 Å². The number of alkyl halides is 1. The molecular weight excluding hydrogens is 196 g/mol. The largest absolute Gasteiger partial charge is 0.302 e. The number of aldehydes is 1. The third-order valence-corrected chi connectivity index (χ3v) is 3.37. The van der Waals surface area contributed by atoms with Gasteiger partial charge in [-0.2, -0.15) is 0 Å². The van der Waals surface area contributed by atoms with Crippen LogP contribution in [0.2, 0.25) is 0 Å². The Labute approximate surface area is 82.1 Å². The zero-order valence-electron chi connectivity index (χ0n) is 7.16. The first-order valence-corrected chi connectivity index (χ1v) is 5.22. The summed E-state index contributed by atoms with van der Waals surface area (Å²) in [6.07, 6.45) is 0.958. The third kappa shape index (κ3) is 1.93. The van der Waals surface area contributed by atoms with Crippen LogP contribution in [-0.4, -0.2) is 28.7 Å². The van der Waals surface area contributed by atoms with Gasteiger partial charge in [-0.3, -0.25) is 0 Å². The summed E-state index contributed by atoms with van der Waals surface area (Å²) in [6, 6.07) is 0.503. The number of carbonyl (C=O) groups excluding carboxylic acids is 1. The normalized spacial score (nSPS) is 31.3. The van der Waals surface area contributed by atoms with Crippen molar-refractivity contribution in [3.05, 3.63) is 0 Å². The van der Waals surface area contributed by atoms with Gasteiger partial charge >= 0.3 is 0 Å². The van der Waals surface area contributed by atoms with E-state index in [0.29, 0.717) is 11.9 Å². The Kier molecular flexibility index (Phi) is 3.83. The van der Waals surface area contributed by atoms with Crippen LogP contribution in [0.5, 0.6) is 0 Å². The molecule has 1 aliphatic heterocycles. The Morgan fingerprint density at radius 1 is 1.75 bits per heavy atom. The first-order valence-electron chi connectivity index (χ1n) is 3.91. The Bertz CT molecular complexity index is 167. The van der Waals surface area contributed by atoms with Crippen LogP contribution < -0.4 is 4.72 Å². The summed E-state index contributed by atoms with van der Waals surface area (Å²) in [5.41, 5.74) is 0. The number of nitrogens with zero attached hydrogens (tertiary/aromatic N) is 1. The van der Waals surface area contributed by atoms with Gasteiger partial charge in [-0.25, -0.2) is 9.03 Å². The average molecular weight is 209 g/mol. The number of hydrogen-bond acceptors (Lipinski definition) is 4. The molecule has 2 atom stereocenters. The number of nitrogens with one attached hydrogen (secondary N) is 1. The molecule has 1 rings (SSSR count). The SMILES string of the molecule is CC(C)C1NSN(CCl)C1C=O. The molecule has 0 spiro atoms. The van der Waals surface area contributed by atoms with Gasteiger partial charge in [0.25, 0.3) is 0 Å². The lowest BCUT2D eigenvalue weighted by atomic mass is 9.99. The van der Waals surface area contributed by atoms with Crippen molar-refractivity contribution in [2.24, 2.45) is 5.92 Å². The molecule has 0 saturated carbocycles. The van der Waals surface area contributed by atoms with Crippen LogP contribution in [0.1, 0.15) is 13.8 Å². The van der Waals surface area contributed by atoms with E-state index in [4.69, 9.17) is 11.6 Å². The fourth-order valence-corrected chi connectivity index (χ4v) is 2.55. The average Bonchev–Trinajstić information content (AvgIpc) is 2.46. The van der Waals surface area contributed by atoms with Gasteiger partial charge in [0.05, 0.1) is 12.0 Å². The maximum absolute atomic E-state index is 10.7. The molecule has 1 aliphatic rings. The highest BCUT2D eigenvalue weighted by Gasteiger charge is 2.35. The minimum absolute atomic E-state index is 0.0903. The minimum Gasteiger partial charge on any atom is -0.302 e. The molecule has 1 N–H and O–H groups in total. The van der Waals surface area contributed by atoms with E-state index in [9.17, 15) is 4.79 Å². The summed E-state index contributed by atoms with van der Waals surface area (Å²) in [4.78, 5) is 10.7. The molecule has 70 valence electrons. The fourth-order valence-electron chi connectivity index (χ4n) is 1.23. The Hall–Kier alpha value is 0.230. The quantitative estimate of drug-likeness (QED) is 0.328. The van der Waals surface area contributed by atoms with Gasteiger partial charge in [0.2, 0.25) is 0 Å². The summed E-state index contributed by atoms with van der Waals surface area (Å²) in [5, 5.41) is 0. The summed E-state index contributed by atoms with van der Waals surface area (Å²) < 4.78 is 5.03. The molecule has 0 bridgehead atoms. The summed E-state index contributed by atoms with van der Waals surface area (Å²) in [7, 11) is 0. The van der Waals surface area contributed by atoms with E-state index >= 15 is 0 Å². The molecule has 2 unspecified atom stereocenters. The molecule has 0 aromatic carbocycles. The molecule has 5 heteroatoms. The zero-order chi connectivity index (χ0) is 9.14. The van der Waals surface area contributed by atoms with Crippen LogP contribution in [0.4, 0.5) is 0 Å². The summed E-state index contributed by atoms with van der Waals surface area (Å²) in [5.74, 6) is 0.445. The molecule has 0 aromatic heterocycles. The Morgan fingerprint density at radius 3 is 2.83 bits per heavy atom. The predicted octanol–water partition coefficient (Wildman–Crippen LogP) is 1.24. The second-order valence-electron chi connectivity index (χ2n) is 3.14. The van der Waals surface area contributed by atoms with Crippen molar-refractivity contribution in [3.63, 3.8) is 0 Å². The highest BCUT2D eigenvalue weighted by Crippen LogP contribution is 2.26. The molecular formula is C7H13ClN2OS. The Morgan fingerprint density at radius 2 is 2.42 bits per heavy atom. The van der Waals surface area contributed by atoms with Crippen molar-refractivity contribution < 1.29 is 4.79 Å². The maximum Gasteiger partial charge on any atom is 0.139 e. The van der Waals surface area contributed by atoms with E-state index < -0.39 is 0 Å². The second-order valence-corrected chi connectivity index (χ2v) is 4.27. The molecule has 0 radical (unpaired) electrons. The fraction of sp³-hybridized carbons (Fsp3) is 0.857. The van der Waals surface area contributed by atoms with Gasteiger partial charge in [0, 0.05) is 18.2 Å². The lowest BCUT2D eigenvalue weighted by Crippen LogP contribution is -2.40. The minimum atomic E-state index is -0.0903. The van der Waals surface area contributed by atoms with Crippen molar-refractivity contribution in [1.29, 1.82) is 0 Å². The smallest absolute Gasteiger partial charge is 0.139 e. The van der Waals surface area contributed by atoms with E-state index in [0.717, 1.165) is 6.29 Å². The van der Waals surface area contributed by atoms with Gasteiger partial charge in [0.15, 0.2) is 0 Å². The molecule has 0 aliphatic carbocycles. The van der Waals surface area contributed by atoms with E-state index in [1.54, 1.807) is 0 Å². The van der Waals surface area contributed by atoms with Crippen molar-refractivity contribution in [1.82, 2.24) is 9.03 Å². The van der Waals surface area contributed by atoms with Crippen molar-refractivity contribution in [3.8, 4) is 0 Å². The van der Waals surface area contributed by atoms with Crippen LogP contribution >= 0.6 is 23.7 Å². The first-order chi connectivity index (χ1) is 5.70. The van der Waals surface area contributed by atoms with Crippen LogP contribution in [0.3, 0.4) is 0 Å². The van der Waals surface area contributed by atoms with Crippen LogP contribution in [0.25, 0.3) is 0 Å². The molecule has 1 heterocycles. The van der Waals surface area contributed by atoms with E-state index in [1.165, 1.54) is 12.1 Å². The molecule has 1 saturated heterocycles. The van der Waals surface area contributed by atoms with Gasteiger partial charge in [0.1, 0.15) is 6.29 Å². The molecule has 3 nitrogen and oxygen atoms in total. The lowest BCUT2D eigenvalue weighted by molar-refractivity contribution is -0.111. The number of rotatable bonds is 3. The van der Waals surface area contributed by atoms with Gasteiger partial charge < -0.3 is 4.79 Å². The van der Waals surface area contributed by atoms with Crippen molar-refractivity contribution in [2.75, 3.05) is 6.00 Å². The molecule has 0 aromatic rings. The van der Waals surface area contributed by atoms with Crippen LogP contribution in [0.15, 0.2) is 0 Å². The van der Waals surface area contributed by atoms with Gasteiger partial charge in [-0.1, -0.05) is 13.8 Å². The molecule has 12 heavy (non-hydrogen) atoms. The van der Waals surface area contributed by atoms with E-state index in [-0.39, 0.29) is 12.1 Å². The standard InChI is InChI=1S/C7H13ClN2OS/c1-5(2)7-6(3-11)10(4-8)12-9-7/h3,5-7,9H,4H2,1-2H3. The molecule has 0 amide bonds. The van der Waals surface area contributed by atoms with Crippen LogP contribution in [-0.2, 0) is 4.79 Å².